The van der Waals surface area contributed by atoms with Gasteiger partial charge in [-0.25, -0.2) is 4.98 Å². The van der Waals surface area contributed by atoms with Crippen molar-refractivity contribution in [1.29, 1.82) is 0 Å². The summed E-state index contributed by atoms with van der Waals surface area (Å²) in [5.41, 5.74) is 0.889. The van der Waals surface area contributed by atoms with Crippen LogP contribution in [0.25, 0.3) is 0 Å². The average Bonchev–Trinajstić information content (AvgIpc) is 2.33. The largest absolute Gasteiger partial charge is 0.392 e. The van der Waals surface area contributed by atoms with Crippen molar-refractivity contribution in [2.45, 2.75) is 45.3 Å². The predicted octanol–water partition coefficient (Wildman–Crippen LogP) is 2.56. The highest BCUT2D eigenvalue weighted by Crippen LogP contribution is 2.27. The van der Waals surface area contributed by atoms with Crippen LogP contribution < -0.4 is 5.32 Å². The zero-order valence-corrected chi connectivity index (χ0v) is 9.82. The van der Waals surface area contributed by atoms with Crippen LogP contribution in [0, 0.1) is 5.92 Å². The topological polar surface area (TPSA) is 45.2 Å². The first-order chi connectivity index (χ1) is 7.81. The smallest absolute Gasteiger partial charge is 0.131 e. The molecule has 3 heteroatoms. The zero-order valence-electron chi connectivity index (χ0n) is 9.82. The van der Waals surface area contributed by atoms with Crippen molar-refractivity contribution in [2.24, 2.45) is 5.92 Å². The lowest BCUT2D eigenvalue weighted by Crippen LogP contribution is -2.31. The average molecular weight is 220 g/mol. The van der Waals surface area contributed by atoms with Crippen LogP contribution in [0.1, 0.15) is 38.2 Å². The first kappa shape index (κ1) is 11.4. The molecule has 1 saturated carbocycles. The number of nitrogens with zero attached hydrogens (tertiary/aromatic N) is 1. The van der Waals surface area contributed by atoms with E-state index >= 15 is 0 Å². The molecule has 1 aliphatic rings. The summed E-state index contributed by atoms with van der Waals surface area (Å²) in [6.07, 6.45) is 6.91. The number of hydrogen-bond acceptors (Lipinski definition) is 3. The van der Waals surface area contributed by atoms with Gasteiger partial charge in [0.05, 0.1) is 6.61 Å². The van der Waals surface area contributed by atoms with Crippen molar-refractivity contribution in [1.82, 2.24) is 4.98 Å². The molecule has 2 atom stereocenters. The normalized spacial score (nSPS) is 25.4. The minimum absolute atomic E-state index is 0.0529. The fourth-order valence-electron chi connectivity index (χ4n) is 2.40. The monoisotopic (exact) mass is 220 g/mol. The van der Waals surface area contributed by atoms with Crippen LogP contribution in [0.2, 0.25) is 0 Å². The molecule has 0 spiro atoms. The molecule has 16 heavy (non-hydrogen) atoms. The fraction of sp³-hybridized carbons (Fsp3) is 0.615. The van der Waals surface area contributed by atoms with E-state index in [0.717, 1.165) is 11.4 Å². The number of rotatable bonds is 3. The molecule has 0 saturated heterocycles. The van der Waals surface area contributed by atoms with E-state index in [-0.39, 0.29) is 6.61 Å². The number of aromatic nitrogens is 1. The number of aliphatic hydroxyl groups excluding tert-OH is 1. The van der Waals surface area contributed by atoms with Crippen LogP contribution in [-0.2, 0) is 6.61 Å². The van der Waals surface area contributed by atoms with Gasteiger partial charge < -0.3 is 10.4 Å². The number of hydrogen-bond donors (Lipinski definition) is 2. The van der Waals surface area contributed by atoms with E-state index in [0.29, 0.717) is 12.0 Å². The lowest BCUT2D eigenvalue weighted by atomic mass is 9.86. The van der Waals surface area contributed by atoms with Crippen LogP contribution >= 0.6 is 0 Å². The van der Waals surface area contributed by atoms with Crippen LogP contribution in [0.4, 0.5) is 5.82 Å². The first-order valence-corrected chi connectivity index (χ1v) is 6.12. The summed E-state index contributed by atoms with van der Waals surface area (Å²) in [5, 5.41) is 12.7. The Morgan fingerprint density at radius 1 is 1.44 bits per heavy atom. The van der Waals surface area contributed by atoms with Gasteiger partial charge in [-0.3, -0.25) is 0 Å². The highest BCUT2D eigenvalue weighted by Gasteiger charge is 2.21. The predicted molar refractivity (Wildman–Crippen MR) is 65.2 cm³/mol. The molecule has 2 rings (SSSR count). The van der Waals surface area contributed by atoms with Gasteiger partial charge in [0, 0.05) is 17.8 Å². The lowest BCUT2D eigenvalue weighted by molar-refractivity contribution is 0.281. The van der Waals surface area contributed by atoms with Crippen LogP contribution in [0.15, 0.2) is 18.3 Å². The Kier molecular flexibility index (Phi) is 3.78. The van der Waals surface area contributed by atoms with Crippen molar-refractivity contribution in [3.63, 3.8) is 0 Å². The van der Waals surface area contributed by atoms with Gasteiger partial charge in [0.15, 0.2) is 0 Å². The van der Waals surface area contributed by atoms with Crippen molar-refractivity contribution in [2.75, 3.05) is 5.32 Å². The van der Waals surface area contributed by atoms with Gasteiger partial charge >= 0.3 is 0 Å². The summed E-state index contributed by atoms with van der Waals surface area (Å²) >= 11 is 0. The molecule has 1 aliphatic carbocycles. The molecular weight excluding hydrogens is 200 g/mol. The van der Waals surface area contributed by atoms with E-state index < -0.39 is 0 Å². The Morgan fingerprint density at radius 3 is 3.00 bits per heavy atom. The Hall–Kier alpha value is -1.09. The van der Waals surface area contributed by atoms with E-state index in [9.17, 15) is 5.11 Å². The van der Waals surface area contributed by atoms with Gasteiger partial charge in [-0.1, -0.05) is 25.8 Å². The Labute approximate surface area is 96.9 Å². The Balaban J connectivity index is 2.07. The SMILES string of the molecule is CC1CCCCC1Nc1ncccc1CO. The number of aliphatic hydroxyl groups is 1. The third-order valence-electron chi connectivity index (χ3n) is 3.50. The number of nitrogens with one attached hydrogen (secondary N) is 1. The molecule has 3 nitrogen and oxygen atoms in total. The lowest BCUT2D eigenvalue weighted by Gasteiger charge is -2.30. The van der Waals surface area contributed by atoms with Gasteiger partial charge in [-0.05, 0) is 24.8 Å². The van der Waals surface area contributed by atoms with E-state index in [4.69, 9.17) is 0 Å². The van der Waals surface area contributed by atoms with Crippen molar-refractivity contribution < 1.29 is 5.11 Å². The van der Waals surface area contributed by atoms with Crippen LogP contribution in [0.5, 0.6) is 0 Å². The molecule has 0 aliphatic heterocycles. The number of anilines is 1. The standard InChI is InChI=1S/C13H20N2O/c1-10-5-2-3-7-12(10)15-13-11(9-16)6-4-8-14-13/h4,6,8,10,12,16H,2-3,5,7,9H2,1H3,(H,14,15). The molecule has 1 aromatic rings. The summed E-state index contributed by atoms with van der Waals surface area (Å²) < 4.78 is 0. The summed E-state index contributed by atoms with van der Waals surface area (Å²) in [5.74, 6) is 1.55. The Bertz CT molecular complexity index is 340. The molecule has 1 aromatic heterocycles. The molecule has 0 aromatic carbocycles. The molecule has 1 heterocycles. The van der Waals surface area contributed by atoms with Gasteiger partial charge in [-0.15, -0.1) is 0 Å². The molecule has 88 valence electrons. The van der Waals surface area contributed by atoms with E-state index in [1.807, 2.05) is 12.1 Å². The van der Waals surface area contributed by atoms with Crippen LogP contribution in [-0.4, -0.2) is 16.1 Å². The van der Waals surface area contributed by atoms with E-state index in [1.54, 1.807) is 6.20 Å². The minimum atomic E-state index is 0.0529. The summed E-state index contributed by atoms with van der Waals surface area (Å²) in [6, 6.07) is 4.29. The van der Waals surface area contributed by atoms with Crippen molar-refractivity contribution >= 4 is 5.82 Å². The molecule has 0 radical (unpaired) electrons. The maximum Gasteiger partial charge on any atom is 0.131 e. The van der Waals surface area contributed by atoms with Gasteiger partial charge in [0.25, 0.3) is 0 Å². The second-order valence-corrected chi connectivity index (χ2v) is 4.68. The summed E-state index contributed by atoms with van der Waals surface area (Å²) in [4.78, 5) is 4.31. The highest BCUT2D eigenvalue weighted by molar-refractivity contribution is 5.44. The third-order valence-corrected chi connectivity index (χ3v) is 3.50. The van der Waals surface area contributed by atoms with Gasteiger partial charge in [0.1, 0.15) is 5.82 Å². The minimum Gasteiger partial charge on any atom is -0.392 e. The van der Waals surface area contributed by atoms with E-state index in [1.165, 1.54) is 25.7 Å². The van der Waals surface area contributed by atoms with E-state index in [2.05, 4.69) is 17.2 Å². The first-order valence-electron chi connectivity index (χ1n) is 6.12. The van der Waals surface area contributed by atoms with Crippen molar-refractivity contribution in [3.8, 4) is 0 Å². The quantitative estimate of drug-likeness (QED) is 0.823. The molecule has 2 unspecified atom stereocenters. The number of pyridine rings is 1. The zero-order chi connectivity index (χ0) is 11.4. The fourth-order valence-corrected chi connectivity index (χ4v) is 2.40. The summed E-state index contributed by atoms with van der Waals surface area (Å²) in [6.45, 7) is 2.34. The van der Waals surface area contributed by atoms with Gasteiger partial charge in [0.2, 0.25) is 0 Å². The second-order valence-electron chi connectivity index (χ2n) is 4.68. The highest BCUT2D eigenvalue weighted by atomic mass is 16.3. The van der Waals surface area contributed by atoms with Crippen molar-refractivity contribution in [3.05, 3.63) is 23.9 Å². The third kappa shape index (κ3) is 2.53. The Morgan fingerprint density at radius 2 is 2.25 bits per heavy atom. The van der Waals surface area contributed by atoms with Gasteiger partial charge in [-0.2, -0.15) is 0 Å². The molecular formula is C13H20N2O. The second kappa shape index (κ2) is 5.30. The molecule has 2 N–H and O–H groups in total. The molecule has 0 amide bonds. The van der Waals surface area contributed by atoms with Crippen LogP contribution in [0.3, 0.4) is 0 Å². The maximum absolute atomic E-state index is 9.23. The molecule has 1 fully saturated rings. The summed E-state index contributed by atoms with van der Waals surface area (Å²) in [7, 11) is 0. The molecule has 0 bridgehead atoms. The maximum atomic E-state index is 9.23.